The maximum Gasteiger partial charge on any atom is 0.222 e. The van der Waals surface area contributed by atoms with Gasteiger partial charge in [-0.2, -0.15) is 0 Å². The molecule has 3 nitrogen and oxygen atoms in total. The van der Waals surface area contributed by atoms with Gasteiger partial charge in [-0.05, 0) is 25.9 Å². The number of benzene rings is 2. The van der Waals surface area contributed by atoms with Gasteiger partial charge in [0.25, 0.3) is 0 Å². The third-order valence-corrected chi connectivity index (χ3v) is 4.43. The average Bonchev–Trinajstić information content (AvgIpc) is 3.11. The van der Waals surface area contributed by atoms with Crippen LogP contribution in [0.25, 0.3) is 0 Å². The highest BCUT2D eigenvalue weighted by atomic mass is 127. The number of hydrogen-bond acceptors (Lipinski definition) is 3. The van der Waals surface area contributed by atoms with Crippen molar-refractivity contribution in [3.05, 3.63) is 71.8 Å². The van der Waals surface area contributed by atoms with Crippen LogP contribution in [-0.4, -0.2) is 42.7 Å². The maximum atomic E-state index is 6.48. The van der Waals surface area contributed by atoms with Gasteiger partial charge in [0.05, 0.1) is 6.61 Å². The van der Waals surface area contributed by atoms with E-state index < -0.39 is 5.79 Å². The fourth-order valence-corrected chi connectivity index (χ4v) is 2.84. The molecule has 0 bridgehead atoms. The lowest BCUT2D eigenvalue weighted by Gasteiger charge is -2.31. The van der Waals surface area contributed by atoms with Gasteiger partial charge in [-0.1, -0.05) is 83.3 Å². The van der Waals surface area contributed by atoms with E-state index in [4.69, 9.17) is 9.47 Å². The van der Waals surface area contributed by atoms with Crippen molar-refractivity contribution in [3.8, 4) is 0 Å². The Hall–Kier alpha value is -0.950. The van der Waals surface area contributed by atoms with Crippen molar-refractivity contribution in [1.29, 1.82) is 0 Å². The Morgan fingerprint density at radius 1 is 0.958 bits per heavy atom. The van der Waals surface area contributed by atoms with Gasteiger partial charge in [-0.3, -0.25) is 0 Å². The summed E-state index contributed by atoms with van der Waals surface area (Å²) in [6, 6.07) is 20.7. The number of rotatable bonds is 4. The Balaban J connectivity index is 0.00000100. The topological polar surface area (TPSA) is 21.7 Å². The third-order valence-electron chi connectivity index (χ3n) is 4.43. The lowest BCUT2D eigenvalue weighted by Crippen LogP contribution is -2.39. The van der Waals surface area contributed by atoms with Gasteiger partial charge in [0.1, 0.15) is 6.10 Å². The molecule has 0 radical (unpaired) electrons. The summed E-state index contributed by atoms with van der Waals surface area (Å²) in [4.78, 5) is 4.14. The minimum absolute atomic E-state index is 0.0374. The van der Waals surface area contributed by atoms with E-state index >= 15 is 0 Å². The molecule has 0 aromatic heterocycles. The molecular formula is C20H26INO2. The van der Waals surface area contributed by atoms with Crippen molar-refractivity contribution in [2.45, 2.75) is 24.9 Å². The van der Waals surface area contributed by atoms with Crippen LogP contribution in [0.15, 0.2) is 60.7 Å². The monoisotopic (exact) mass is 439 g/mol. The van der Waals surface area contributed by atoms with Crippen LogP contribution in [0.3, 0.4) is 0 Å². The molecule has 24 heavy (non-hydrogen) atoms. The molecule has 1 fully saturated rings. The van der Waals surface area contributed by atoms with Gasteiger partial charge in [0, 0.05) is 17.2 Å². The Labute approximate surface area is 159 Å². The van der Waals surface area contributed by atoms with E-state index in [-0.39, 0.29) is 12.1 Å². The predicted molar refractivity (Wildman–Crippen MR) is 108 cm³/mol. The summed E-state index contributed by atoms with van der Waals surface area (Å²) in [7, 11) is 4.14. The van der Waals surface area contributed by atoms with Gasteiger partial charge in [0.2, 0.25) is 5.79 Å². The highest BCUT2D eigenvalue weighted by Gasteiger charge is 2.46. The van der Waals surface area contributed by atoms with E-state index in [0.29, 0.717) is 6.61 Å². The summed E-state index contributed by atoms with van der Waals surface area (Å²) in [6.07, 6.45) is 0.0374. The van der Waals surface area contributed by atoms with Crippen molar-refractivity contribution < 1.29 is 9.47 Å². The molecule has 0 aliphatic carbocycles. The summed E-state index contributed by atoms with van der Waals surface area (Å²) >= 11 is 2.15. The summed E-state index contributed by atoms with van der Waals surface area (Å²) in [5.74, 6) is -0.808. The highest BCUT2D eigenvalue weighted by molar-refractivity contribution is 14.1. The Bertz CT molecular complexity index is 564. The quantitative estimate of drug-likeness (QED) is 0.524. The van der Waals surface area contributed by atoms with Gasteiger partial charge < -0.3 is 14.4 Å². The van der Waals surface area contributed by atoms with E-state index in [9.17, 15) is 0 Å². The summed E-state index contributed by atoms with van der Waals surface area (Å²) in [5, 5.41) is 0. The number of likely N-dealkylation sites (N-methyl/N-ethyl adjacent to an activating group) is 1. The molecule has 1 heterocycles. The van der Waals surface area contributed by atoms with E-state index in [1.807, 2.05) is 41.3 Å². The summed E-state index contributed by atoms with van der Waals surface area (Å²) < 4.78 is 12.7. The lowest BCUT2D eigenvalue weighted by atomic mass is 9.97. The van der Waals surface area contributed by atoms with Crippen LogP contribution in [0.1, 0.15) is 18.1 Å². The first-order valence-electron chi connectivity index (χ1n) is 8.10. The smallest absolute Gasteiger partial charge is 0.222 e. The normalized spacial score (nSPS) is 20.3. The zero-order valence-electron chi connectivity index (χ0n) is 14.8. The van der Waals surface area contributed by atoms with Gasteiger partial charge in [-0.25, -0.2) is 0 Å². The molecule has 2 atom stereocenters. The number of hydrogen-bond donors (Lipinski definition) is 0. The average molecular weight is 439 g/mol. The van der Waals surface area contributed by atoms with Gasteiger partial charge in [0.15, 0.2) is 0 Å². The van der Waals surface area contributed by atoms with E-state index in [1.165, 1.54) is 0 Å². The Morgan fingerprint density at radius 2 is 1.42 bits per heavy atom. The lowest BCUT2D eigenvalue weighted by molar-refractivity contribution is -0.148. The predicted octanol–water partition coefficient (Wildman–Crippen LogP) is 4.30. The SMILES string of the molecule is CC(C1COC(c2ccccc2)(c2ccccc2)O1)N(C)C.CI. The van der Waals surface area contributed by atoms with Crippen LogP contribution in [0.5, 0.6) is 0 Å². The second-order valence-corrected chi connectivity index (χ2v) is 6.02. The van der Waals surface area contributed by atoms with Crippen LogP contribution in [0.2, 0.25) is 0 Å². The van der Waals surface area contributed by atoms with E-state index in [2.05, 4.69) is 72.8 Å². The summed E-state index contributed by atoms with van der Waals surface area (Å²) in [6.45, 7) is 2.75. The van der Waals surface area contributed by atoms with Crippen LogP contribution < -0.4 is 0 Å². The Kier molecular flexibility index (Phi) is 7.22. The van der Waals surface area contributed by atoms with Gasteiger partial charge in [-0.15, -0.1) is 0 Å². The molecule has 2 aromatic carbocycles. The number of nitrogens with zero attached hydrogens (tertiary/aromatic N) is 1. The standard InChI is InChI=1S/C19H23NO2.CH3I/c1-15(20(2)3)18-14-21-19(22-18,16-10-6-4-7-11-16)17-12-8-5-9-13-17;1-2/h4-13,15,18H,14H2,1-3H3;1H3. The van der Waals surface area contributed by atoms with E-state index in [1.54, 1.807) is 0 Å². The molecule has 130 valence electrons. The first-order valence-corrected chi connectivity index (χ1v) is 10.3. The van der Waals surface area contributed by atoms with Crippen molar-refractivity contribution in [3.63, 3.8) is 0 Å². The second-order valence-electron chi connectivity index (χ2n) is 6.02. The zero-order chi connectivity index (χ0) is 17.6. The molecule has 2 aromatic rings. The molecule has 0 N–H and O–H groups in total. The van der Waals surface area contributed by atoms with Crippen LogP contribution in [-0.2, 0) is 15.3 Å². The number of halogens is 1. The molecular weight excluding hydrogens is 413 g/mol. The fourth-order valence-electron chi connectivity index (χ4n) is 2.84. The molecule has 2 unspecified atom stereocenters. The van der Waals surface area contributed by atoms with Crippen molar-refractivity contribution in [1.82, 2.24) is 4.90 Å². The number of ether oxygens (including phenoxy) is 2. The Morgan fingerprint density at radius 3 is 1.83 bits per heavy atom. The zero-order valence-corrected chi connectivity index (χ0v) is 16.9. The fraction of sp³-hybridized carbons (Fsp3) is 0.400. The van der Waals surface area contributed by atoms with Crippen molar-refractivity contribution in [2.75, 3.05) is 25.6 Å². The highest BCUT2D eigenvalue weighted by Crippen LogP contribution is 2.41. The maximum absolute atomic E-state index is 6.48. The van der Waals surface area contributed by atoms with Crippen LogP contribution in [0, 0.1) is 0 Å². The van der Waals surface area contributed by atoms with E-state index in [0.717, 1.165) is 11.1 Å². The first-order chi connectivity index (χ1) is 11.6. The molecule has 1 saturated heterocycles. The molecule has 1 aliphatic heterocycles. The molecule has 3 rings (SSSR count). The number of alkyl halides is 1. The van der Waals surface area contributed by atoms with Crippen molar-refractivity contribution >= 4 is 22.6 Å². The minimum Gasteiger partial charge on any atom is -0.339 e. The van der Waals surface area contributed by atoms with Crippen LogP contribution in [0.4, 0.5) is 0 Å². The van der Waals surface area contributed by atoms with Crippen molar-refractivity contribution in [2.24, 2.45) is 0 Å². The van der Waals surface area contributed by atoms with Crippen LogP contribution >= 0.6 is 22.6 Å². The minimum atomic E-state index is -0.808. The largest absolute Gasteiger partial charge is 0.339 e. The van der Waals surface area contributed by atoms with Gasteiger partial charge >= 0.3 is 0 Å². The molecule has 0 amide bonds. The molecule has 0 spiro atoms. The third kappa shape index (κ3) is 3.99. The second kappa shape index (κ2) is 8.94. The molecule has 4 heteroatoms. The first kappa shape index (κ1) is 19.4. The molecule has 1 aliphatic rings. The molecule has 0 saturated carbocycles. The summed E-state index contributed by atoms with van der Waals surface area (Å²) in [5.41, 5.74) is 2.07.